The Kier molecular flexibility index (Phi) is 2.38. The molecule has 1 nitrogen and oxygen atoms in total. The first-order valence-electron chi connectivity index (χ1n) is 4.44. The fraction of sp³-hybridized carbons (Fsp3) is 0.800. The van der Waals surface area contributed by atoms with E-state index in [-0.39, 0.29) is 0 Å². The highest BCUT2D eigenvalue weighted by Gasteiger charge is 2.44. The maximum atomic E-state index is 4.13. The van der Waals surface area contributed by atoms with Crippen LogP contribution in [0.2, 0.25) is 0 Å². The monoisotopic (exact) mass is 153 g/mol. The Morgan fingerprint density at radius 1 is 1.45 bits per heavy atom. The molecular weight excluding hydrogens is 134 g/mol. The molecule has 0 N–H and O–H groups in total. The van der Waals surface area contributed by atoms with Crippen LogP contribution in [0.5, 0.6) is 0 Å². The summed E-state index contributed by atoms with van der Waals surface area (Å²) < 4.78 is 0. The van der Waals surface area contributed by atoms with Gasteiger partial charge in [-0.2, -0.15) is 0 Å². The summed E-state index contributed by atoms with van der Waals surface area (Å²) >= 11 is 0. The molecule has 0 aromatic carbocycles. The van der Waals surface area contributed by atoms with Crippen molar-refractivity contribution in [3.63, 3.8) is 0 Å². The van der Waals surface area contributed by atoms with E-state index in [9.17, 15) is 0 Å². The molecule has 0 heterocycles. The van der Waals surface area contributed by atoms with Crippen molar-refractivity contribution < 1.29 is 0 Å². The van der Waals surface area contributed by atoms with Gasteiger partial charge in [-0.3, -0.25) is 0 Å². The van der Waals surface area contributed by atoms with Gasteiger partial charge in [-0.1, -0.05) is 19.1 Å². The fourth-order valence-corrected chi connectivity index (χ4v) is 1.75. The van der Waals surface area contributed by atoms with Crippen LogP contribution < -0.4 is 0 Å². The van der Waals surface area contributed by atoms with E-state index in [2.05, 4.69) is 32.5 Å². The molecule has 1 aliphatic carbocycles. The minimum Gasteiger partial charge on any atom is -0.309 e. The molecule has 0 saturated heterocycles. The molecule has 0 aromatic rings. The molecule has 1 aliphatic rings. The summed E-state index contributed by atoms with van der Waals surface area (Å²) in [6.45, 7) is 7.53. The van der Waals surface area contributed by atoms with E-state index in [1.54, 1.807) is 0 Å². The van der Waals surface area contributed by atoms with Crippen LogP contribution in [-0.4, -0.2) is 25.5 Å². The van der Waals surface area contributed by atoms with E-state index in [0.29, 0.717) is 5.41 Å². The molecule has 11 heavy (non-hydrogen) atoms. The molecule has 0 aromatic heterocycles. The smallest absolute Gasteiger partial charge is 0.00692 e. The molecule has 0 unspecified atom stereocenters. The normalized spacial score (nSPS) is 20.4. The third kappa shape index (κ3) is 1.84. The van der Waals surface area contributed by atoms with Gasteiger partial charge in [-0.05, 0) is 33.4 Å². The fourth-order valence-electron chi connectivity index (χ4n) is 1.75. The van der Waals surface area contributed by atoms with Crippen LogP contribution in [0.3, 0.4) is 0 Å². The van der Waals surface area contributed by atoms with Crippen molar-refractivity contribution in [2.45, 2.75) is 26.2 Å². The van der Waals surface area contributed by atoms with Crippen LogP contribution in [0.15, 0.2) is 12.2 Å². The Morgan fingerprint density at radius 3 is 2.27 bits per heavy atom. The molecular formula is C10H19N. The standard InChI is InChI=1S/C10H19N/c1-5-9(2)10(6-7-10)8-11(3)4/h2,5-8H2,1,3-4H3. The minimum absolute atomic E-state index is 0.512. The van der Waals surface area contributed by atoms with Gasteiger partial charge in [0.2, 0.25) is 0 Å². The second-order valence-electron chi connectivity index (χ2n) is 3.98. The predicted molar refractivity (Wildman–Crippen MR) is 49.7 cm³/mol. The van der Waals surface area contributed by atoms with Gasteiger partial charge in [0.15, 0.2) is 0 Å². The second kappa shape index (κ2) is 2.98. The number of nitrogens with zero attached hydrogens (tertiary/aromatic N) is 1. The van der Waals surface area contributed by atoms with Crippen molar-refractivity contribution in [2.75, 3.05) is 20.6 Å². The third-order valence-electron chi connectivity index (χ3n) is 2.65. The molecule has 0 atom stereocenters. The Balaban J connectivity index is 2.47. The summed E-state index contributed by atoms with van der Waals surface area (Å²) in [6, 6.07) is 0. The Hall–Kier alpha value is -0.300. The first-order valence-corrected chi connectivity index (χ1v) is 4.44. The Morgan fingerprint density at radius 2 is 2.00 bits per heavy atom. The van der Waals surface area contributed by atoms with Gasteiger partial charge in [0.25, 0.3) is 0 Å². The Labute approximate surface area is 70.1 Å². The molecule has 0 bridgehead atoms. The average Bonchev–Trinajstić information content (AvgIpc) is 2.67. The molecule has 1 saturated carbocycles. The van der Waals surface area contributed by atoms with Crippen molar-refractivity contribution in [2.24, 2.45) is 5.41 Å². The highest BCUT2D eigenvalue weighted by molar-refractivity contribution is 5.19. The maximum absolute atomic E-state index is 4.13. The third-order valence-corrected chi connectivity index (χ3v) is 2.65. The second-order valence-corrected chi connectivity index (χ2v) is 3.98. The van der Waals surface area contributed by atoms with Crippen molar-refractivity contribution in [1.29, 1.82) is 0 Å². The first-order chi connectivity index (χ1) is 5.10. The van der Waals surface area contributed by atoms with Gasteiger partial charge < -0.3 is 4.90 Å². The van der Waals surface area contributed by atoms with E-state index in [1.165, 1.54) is 25.0 Å². The molecule has 1 rings (SSSR count). The number of rotatable bonds is 4. The zero-order chi connectivity index (χ0) is 8.48. The van der Waals surface area contributed by atoms with Crippen molar-refractivity contribution in [1.82, 2.24) is 4.90 Å². The van der Waals surface area contributed by atoms with Crippen LogP contribution in [0, 0.1) is 5.41 Å². The summed E-state index contributed by atoms with van der Waals surface area (Å²) in [5, 5.41) is 0. The molecule has 0 amide bonds. The van der Waals surface area contributed by atoms with Crippen LogP contribution in [0.1, 0.15) is 26.2 Å². The summed E-state index contributed by atoms with van der Waals surface area (Å²) in [5.74, 6) is 0. The van der Waals surface area contributed by atoms with Crippen molar-refractivity contribution >= 4 is 0 Å². The van der Waals surface area contributed by atoms with Gasteiger partial charge >= 0.3 is 0 Å². The maximum Gasteiger partial charge on any atom is 0.00692 e. The molecule has 0 spiro atoms. The molecule has 0 radical (unpaired) electrons. The van der Waals surface area contributed by atoms with Gasteiger partial charge in [0.1, 0.15) is 0 Å². The molecule has 64 valence electrons. The lowest BCUT2D eigenvalue weighted by molar-refractivity contribution is 0.335. The van der Waals surface area contributed by atoms with Crippen molar-refractivity contribution in [3.8, 4) is 0 Å². The van der Waals surface area contributed by atoms with Gasteiger partial charge in [-0.25, -0.2) is 0 Å². The molecule has 1 fully saturated rings. The minimum atomic E-state index is 0.512. The largest absolute Gasteiger partial charge is 0.309 e. The van der Waals surface area contributed by atoms with Gasteiger partial charge in [0, 0.05) is 12.0 Å². The predicted octanol–water partition coefficient (Wildman–Crippen LogP) is 2.29. The lowest BCUT2D eigenvalue weighted by Crippen LogP contribution is -2.23. The van der Waals surface area contributed by atoms with E-state index >= 15 is 0 Å². The summed E-state index contributed by atoms with van der Waals surface area (Å²) in [6.07, 6.45) is 3.86. The molecule has 1 heteroatoms. The van der Waals surface area contributed by atoms with Gasteiger partial charge in [0.05, 0.1) is 0 Å². The van der Waals surface area contributed by atoms with Gasteiger partial charge in [-0.15, -0.1) is 0 Å². The summed E-state index contributed by atoms with van der Waals surface area (Å²) in [4.78, 5) is 2.27. The van der Waals surface area contributed by atoms with E-state index in [1.807, 2.05) is 0 Å². The average molecular weight is 153 g/mol. The Bertz CT molecular complexity index is 154. The number of hydrogen-bond acceptors (Lipinski definition) is 1. The van der Waals surface area contributed by atoms with E-state index in [4.69, 9.17) is 0 Å². The first kappa shape index (κ1) is 8.79. The highest BCUT2D eigenvalue weighted by atomic mass is 15.1. The van der Waals surface area contributed by atoms with Crippen LogP contribution in [0.25, 0.3) is 0 Å². The molecule has 0 aliphatic heterocycles. The quantitative estimate of drug-likeness (QED) is 0.560. The zero-order valence-corrected chi connectivity index (χ0v) is 7.98. The van der Waals surface area contributed by atoms with Crippen LogP contribution in [-0.2, 0) is 0 Å². The van der Waals surface area contributed by atoms with Crippen LogP contribution >= 0.6 is 0 Å². The lowest BCUT2D eigenvalue weighted by atomic mass is 9.95. The number of hydrogen-bond donors (Lipinski definition) is 0. The van der Waals surface area contributed by atoms with Crippen LogP contribution in [0.4, 0.5) is 0 Å². The van der Waals surface area contributed by atoms with Crippen molar-refractivity contribution in [3.05, 3.63) is 12.2 Å². The lowest BCUT2D eigenvalue weighted by Gasteiger charge is -2.21. The van der Waals surface area contributed by atoms with E-state index < -0.39 is 0 Å². The summed E-state index contributed by atoms with van der Waals surface area (Å²) in [5.41, 5.74) is 1.96. The topological polar surface area (TPSA) is 3.24 Å². The zero-order valence-electron chi connectivity index (χ0n) is 7.98. The SMILES string of the molecule is C=C(CC)C1(CN(C)C)CC1. The highest BCUT2D eigenvalue weighted by Crippen LogP contribution is 2.52. The summed E-state index contributed by atoms with van der Waals surface area (Å²) in [7, 11) is 4.28. The van der Waals surface area contributed by atoms with E-state index in [0.717, 1.165) is 6.42 Å².